The van der Waals surface area contributed by atoms with E-state index >= 15 is 0 Å². The third-order valence-electron chi connectivity index (χ3n) is 5.43. The van der Waals surface area contributed by atoms with Crippen LogP contribution in [-0.2, 0) is 9.59 Å². The van der Waals surface area contributed by atoms with Gasteiger partial charge in [-0.05, 0) is 80.2 Å². The molecule has 4 rings (SSSR count). The first-order valence-electron chi connectivity index (χ1n) is 10.5. The lowest BCUT2D eigenvalue weighted by molar-refractivity contribution is -0.122. The molecule has 2 amide bonds. The molecule has 1 fully saturated rings. The molecule has 0 bridgehead atoms. The molecule has 1 N–H and O–H groups in total. The first-order chi connectivity index (χ1) is 16.3. The van der Waals surface area contributed by atoms with Crippen LogP contribution >= 0.6 is 12.2 Å². The van der Waals surface area contributed by atoms with E-state index in [2.05, 4.69) is 11.9 Å². The molecule has 3 aromatic rings. The number of anilines is 1. The molecule has 172 valence electrons. The largest absolute Gasteiger partial charge is 0.490 e. The van der Waals surface area contributed by atoms with Crippen LogP contribution < -0.4 is 15.0 Å². The average Bonchev–Trinajstić information content (AvgIpc) is 3.09. The molecule has 1 aromatic heterocycles. The van der Waals surface area contributed by atoms with Gasteiger partial charge in [-0.1, -0.05) is 24.8 Å². The molecule has 34 heavy (non-hydrogen) atoms. The van der Waals surface area contributed by atoms with Crippen molar-refractivity contribution in [3.8, 4) is 11.4 Å². The Bertz CT molecular complexity index is 1340. The zero-order valence-electron chi connectivity index (χ0n) is 18.7. The minimum Gasteiger partial charge on any atom is -0.490 e. The van der Waals surface area contributed by atoms with Crippen LogP contribution in [0.25, 0.3) is 11.8 Å². The predicted octanol–water partition coefficient (Wildman–Crippen LogP) is 4.63. The van der Waals surface area contributed by atoms with E-state index in [1.165, 1.54) is 24.3 Å². The number of thiocarbonyl (C=S) groups is 1. The number of nitrogens with zero attached hydrogens (tertiary/aromatic N) is 2. The van der Waals surface area contributed by atoms with Gasteiger partial charge in [0.2, 0.25) is 0 Å². The molecule has 0 aliphatic carbocycles. The Morgan fingerprint density at radius 3 is 2.50 bits per heavy atom. The number of carbonyl (C=O) groups excluding carboxylic acids is 2. The van der Waals surface area contributed by atoms with Gasteiger partial charge in [-0.2, -0.15) is 0 Å². The van der Waals surface area contributed by atoms with Crippen molar-refractivity contribution in [3.05, 3.63) is 95.6 Å². The molecule has 0 unspecified atom stereocenters. The van der Waals surface area contributed by atoms with Crippen LogP contribution in [0.1, 0.15) is 17.0 Å². The molecule has 2 aromatic carbocycles. The highest BCUT2D eigenvalue weighted by atomic mass is 32.1. The number of benzene rings is 2. The van der Waals surface area contributed by atoms with Gasteiger partial charge in [-0.3, -0.25) is 14.9 Å². The van der Waals surface area contributed by atoms with E-state index in [4.69, 9.17) is 17.0 Å². The number of para-hydroxylation sites is 1. The van der Waals surface area contributed by atoms with E-state index in [1.54, 1.807) is 12.1 Å². The molecule has 6 nitrogen and oxygen atoms in total. The summed E-state index contributed by atoms with van der Waals surface area (Å²) < 4.78 is 21.9. The number of hydrogen-bond acceptors (Lipinski definition) is 4. The number of hydrogen-bond donors (Lipinski definition) is 1. The smallest absolute Gasteiger partial charge is 0.270 e. The summed E-state index contributed by atoms with van der Waals surface area (Å²) in [5.74, 6) is -1.21. The molecule has 1 aliphatic rings. The van der Waals surface area contributed by atoms with E-state index in [0.717, 1.165) is 27.7 Å². The molecular formula is C26H22FN3O3S. The number of halogens is 1. The molecule has 1 aliphatic heterocycles. The lowest BCUT2D eigenvalue weighted by Gasteiger charge is -2.29. The molecule has 1 saturated heterocycles. The van der Waals surface area contributed by atoms with Crippen LogP contribution in [0.3, 0.4) is 0 Å². The molecule has 2 heterocycles. The van der Waals surface area contributed by atoms with Crippen LogP contribution in [0.5, 0.6) is 5.75 Å². The number of aromatic nitrogens is 1. The van der Waals surface area contributed by atoms with Crippen molar-refractivity contribution in [1.82, 2.24) is 9.88 Å². The topological polar surface area (TPSA) is 63.6 Å². The van der Waals surface area contributed by atoms with Gasteiger partial charge in [-0.25, -0.2) is 9.29 Å². The summed E-state index contributed by atoms with van der Waals surface area (Å²) in [4.78, 5) is 26.9. The summed E-state index contributed by atoms with van der Waals surface area (Å²) in [5, 5.41) is 2.32. The van der Waals surface area contributed by atoms with Gasteiger partial charge in [-0.15, -0.1) is 0 Å². The highest BCUT2D eigenvalue weighted by Crippen LogP contribution is 2.27. The normalized spacial score (nSPS) is 15.0. The maximum absolute atomic E-state index is 14.4. The van der Waals surface area contributed by atoms with Crippen molar-refractivity contribution in [2.45, 2.75) is 13.8 Å². The third-order valence-corrected chi connectivity index (χ3v) is 5.71. The molecular weight excluding hydrogens is 453 g/mol. The summed E-state index contributed by atoms with van der Waals surface area (Å²) in [6.45, 7) is 7.88. The molecule has 0 saturated carbocycles. The lowest BCUT2D eigenvalue weighted by Crippen LogP contribution is -2.54. The minimum absolute atomic E-state index is 0.0207. The Kier molecular flexibility index (Phi) is 6.43. The van der Waals surface area contributed by atoms with Gasteiger partial charge >= 0.3 is 0 Å². The van der Waals surface area contributed by atoms with Gasteiger partial charge < -0.3 is 9.30 Å². The van der Waals surface area contributed by atoms with Crippen molar-refractivity contribution in [1.29, 1.82) is 0 Å². The van der Waals surface area contributed by atoms with Crippen LogP contribution in [0.2, 0.25) is 0 Å². The summed E-state index contributed by atoms with van der Waals surface area (Å²) in [5.41, 5.74) is 3.17. The van der Waals surface area contributed by atoms with Gasteiger partial charge in [0, 0.05) is 17.1 Å². The Balaban J connectivity index is 1.70. The molecule has 8 heteroatoms. The highest BCUT2D eigenvalue weighted by Gasteiger charge is 2.35. The van der Waals surface area contributed by atoms with E-state index < -0.39 is 17.6 Å². The second-order valence-corrected chi connectivity index (χ2v) is 8.05. The Morgan fingerprint density at radius 1 is 1.12 bits per heavy atom. The fourth-order valence-corrected chi connectivity index (χ4v) is 4.12. The van der Waals surface area contributed by atoms with Crippen LogP contribution in [0.15, 0.2) is 72.8 Å². The standard InChI is InChI=1S/C26H22FN3O3S/c1-4-13-33-20-11-9-19(10-12-20)29-16(2)14-18(17(29)3)15-21-24(31)28-26(34)30(25(21)32)23-8-6-5-7-22(23)27/h4-12,14-15H,1,13H2,2-3H3,(H,28,31,34)/b21-15+. The third kappa shape index (κ3) is 4.27. The molecule has 0 atom stereocenters. The number of ether oxygens (including phenoxy) is 1. The fraction of sp³-hybridized carbons (Fsp3) is 0.115. The van der Waals surface area contributed by atoms with Gasteiger partial charge in [0.1, 0.15) is 23.7 Å². The highest BCUT2D eigenvalue weighted by molar-refractivity contribution is 7.80. The summed E-state index contributed by atoms with van der Waals surface area (Å²) >= 11 is 5.15. The van der Waals surface area contributed by atoms with Crippen molar-refractivity contribution in [2.75, 3.05) is 11.5 Å². The summed E-state index contributed by atoms with van der Waals surface area (Å²) in [6, 6.07) is 15.2. The summed E-state index contributed by atoms with van der Waals surface area (Å²) in [6.07, 6.45) is 3.18. The molecule has 0 spiro atoms. The van der Waals surface area contributed by atoms with E-state index in [0.29, 0.717) is 12.2 Å². The van der Waals surface area contributed by atoms with Crippen molar-refractivity contribution in [2.24, 2.45) is 0 Å². The van der Waals surface area contributed by atoms with E-state index in [9.17, 15) is 14.0 Å². The number of nitrogens with one attached hydrogen (secondary N) is 1. The quantitative estimate of drug-likeness (QED) is 0.244. The second kappa shape index (κ2) is 9.44. The number of aryl methyl sites for hydroxylation is 1. The van der Waals surface area contributed by atoms with Crippen LogP contribution in [-0.4, -0.2) is 28.1 Å². The molecule has 0 radical (unpaired) electrons. The first-order valence-corrected chi connectivity index (χ1v) is 10.9. The maximum Gasteiger partial charge on any atom is 0.270 e. The number of carbonyl (C=O) groups is 2. The zero-order valence-corrected chi connectivity index (χ0v) is 19.5. The second-order valence-electron chi connectivity index (χ2n) is 7.66. The lowest BCUT2D eigenvalue weighted by atomic mass is 10.1. The van der Waals surface area contributed by atoms with E-state index in [1.807, 2.05) is 48.7 Å². The first kappa shape index (κ1) is 23.1. The van der Waals surface area contributed by atoms with Crippen molar-refractivity contribution < 1.29 is 18.7 Å². The number of amides is 2. The fourth-order valence-electron chi connectivity index (χ4n) is 3.84. The Labute approximate surface area is 201 Å². The monoisotopic (exact) mass is 475 g/mol. The van der Waals surface area contributed by atoms with Crippen molar-refractivity contribution in [3.63, 3.8) is 0 Å². The maximum atomic E-state index is 14.4. The predicted molar refractivity (Wildman–Crippen MR) is 134 cm³/mol. The number of rotatable bonds is 6. The van der Waals surface area contributed by atoms with Crippen LogP contribution in [0.4, 0.5) is 10.1 Å². The average molecular weight is 476 g/mol. The van der Waals surface area contributed by atoms with Gasteiger partial charge in [0.15, 0.2) is 5.11 Å². The zero-order chi connectivity index (χ0) is 24.4. The van der Waals surface area contributed by atoms with Crippen molar-refractivity contribution >= 4 is 40.9 Å². The van der Waals surface area contributed by atoms with Crippen LogP contribution in [0, 0.1) is 19.7 Å². The Hall–Kier alpha value is -4.04. The minimum atomic E-state index is -0.688. The van der Waals surface area contributed by atoms with E-state index in [-0.39, 0.29) is 16.4 Å². The van der Waals surface area contributed by atoms with Gasteiger partial charge in [0.05, 0.1) is 5.69 Å². The summed E-state index contributed by atoms with van der Waals surface area (Å²) in [7, 11) is 0. The van der Waals surface area contributed by atoms with Gasteiger partial charge in [0.25, 0.3) is 11.8 Å². The Morgan fingerprint density at radius 2 is 1.82 bits per heavy atom. The SMILES string of the molecule is C=CCOc1ccc(-n2c(C)cc(/C=C3\C(=O)NC(=S)N(c4ccccc4F)C3=O)c2C)cc1.